The zero-order chi connectivity index (χ0) is 27.5. The van der Waals surface area contributed by atoms with Crippen LogP contribution in [-0.4, -0.2) is 18.2 Å². The van der Waals surface area contributed by atoms with Crippen LogP contribution in [0.4, 0.5) is 5.69 Å². The first-order valence-corrected chi connectivity index (χ1v) is 14.8. The number of hydrogen-bond acceptors (Lipinski definition) is 5. The van der Waals surface area contributed by atoms with Crippen molar-refractivity contribution in [2.75, 3.05) is 18.0 Å². The molecule has 5 nitrogen and oxygen atoms in total. The summed E-state index contributed by atoms with van der Waals surface area (Å²) in [6.45, 7) is 10.3. The zero-order valence-electron chi connectivity index (χ0n) is 24.0. The lowest BCUT2D eigenvalue weighted by molar-refractivity contribution is 0.420. The lowest BCUT2D eigenvalue weighted by atomic mass is 9.86. The standard InChI is InChI=1S/C33H48N2O3/c1-5-8-9-10-11-12-13-14-15-16-23-33(4,34)26-19-22-29-28(24-26)30(36)31(37)32(38-29)25-17-20-27(21-18-25)35(6-2)7-3/h17-22,24,37H,5-16,23,34H2,1-4H3. The SMILES string of the molecule is CCCCCCCCCCCCC(C)(N)c1ccc2oc(-c3ccc(N(CC)CC)cc3)c(O)c(=O)c2c1. The van der Waals surface area contributed by atoms with Crippen LogP contribution in [0.5, 0.6) is 5.75 Å². The summed E-state index contributed by atoms with van der Waals surface area (Å²) in [6, 6.07) is 13.3. The fourth-order valence-electron chi connectivity index (χ4n) is 5.27. The van der Waals surface area contributed by atoms with Crippen LogP contribution in [0.25, 0.3) is 22.3 Å². The van der Waals surface area contributed by atoms with Gasteiger partial charge in [-0.2, -0.15) is 0 Å². The van der Waals surface area contributed by atoms with Crippen LogP contribution in [0, 0.1) is 0 Å². The molecule has 3 rings (SSSR count). The largest absolute Gasteiger partial charge is 0.502 e. The van der Waals surface area contributed by atoms with Gasteiger partial charge in [-0.1, -0.05) is 77.2 Å². The Morgan fingerprint density at radius 2 is 1.42 bits per heavy atom. The molecular weight excluding hydrogens is 472 g/mol. The molecule has 0 fully saturated rings. The third-order valence-corrected chi connectivity index (χ3v) is 7.83. The van der Waals surface area contributed by atoms with E-state index in [1.165, 1.54) is 57.8 Å². The molecule has 2 aromatic carbocycles. The Morgan fingerprint density at radius 1 is 0.842 bits per heavy atom. The van der Waals surface area contributed by atoms with Crippen LogP contribution in [0.15, 0.2) is 51.7 Å². The van der Waals surface area contributed by atoms with Crippen molar-refractivity contribution in [1.29, 1.82) is 0 Å². The van der Waals surface area contributed by atoms with Crippen LogP contribution in [0.1, 0.15) is 104 Å². The molecule has 1 aromatic heterocycles. The first-order chi connectivity index (χ1) is 18.3. The van der Waals surface area contributed by atoms with Gasteiger partial charge in [0.2, 0.25) is 11.2 Å². The number of benzene rings is 2. The van der Waals surface area contributed by atoms with Gasteiger partial charge in [0.15, 0.2) is 5.76 Å². The second kappa shape index (κ2) is 14.4. The summed E-state index contributed by atoms with van der Waals surface area (Å²) >= 11 is 0. The van der Waals surface area contributed by atoms with Gasteiger partial charge in [-0.05, 0) is 69.2 Å². The van der Waals surface area contributed by atoms with Gasteiger partial charge in [0.25, 0.3) is 0 Å². The Kier molecular flexibility index (Phi) is 11.3. The van der Waals surface area contributed by atoms with Gasteiger partial charge in [0, 0.05) is 29.9 Å². The molecule has 0 saturated heterocycles. The lowest BCUT2D eigenvalue weighted by Gasteiger charge is -2.25. The van der Waals surface area contributed by atoms with E-state index in [0.717, 1.165) is 37.2 Å². The highest BCUT2D eigenvalue weighted by molar-refractivity contribution is 5.82. The van der Waals surface area contributed by atoms with Crippen LogP contribution in [-0.2, 0) is 5.54 Å². The first kappa shape index (κ1) is 29.8. The van der Waals surface area contributed by atoms with Crippen molar-refractivity contribution in [3.63, 3.8) is 0 Å². The molecule has 0 spiro atoms. The maximum absolute atomic E-state index is 13.2. The van der Waals surface area contributed by atoms with E-state index in [-0.39, 0.29) is 11.5 Å². The Hall–Kier alpha value is -2.79. The topological polar surface area (TPSA) is 79.7 Å². The second-order valence-electron chi connectivity index (χ2n) is 10.9. The van der Waals surface area contributed by atoms with Gasteiger partial charge in [-0.3, -0.25) is 4.79 Å². The predicted molar refractivity (Wildman–Crippen MR) is 161 cm³/mol. The molecule has 1 atom stereocenters. The average Bonchev–Trinajstić information content (AvgIpc) is 2.92. The van der Waals surface area contributed by atoms with E-state index < -0.39 is 11.0 Å². The summed E-state index contributed by atoms with van der Waals surface area (Å²) in [7, 11) is 0. The monoisotopic (exact) mass is 520 g/mol. The molecule has 0 amide bonds. The van der Waals surface area contributed by atoms with Crippen LogP contribution in [0.3, 0.4) is 0 Å². The fourth-order valence-corrected chi connectivity index (χ4v) is 5.27. The third-order valence-electron chi connectivity index (χ3n) is 7.83. The second-order valence-corrected chi connectivity index (χ2v) is 10.9. The highest BCUT2D eigenvalue weighted by Gasteiger charge is 2.23. The van der Waals surface area contributed by atoms with Gasteiger partial charge in [-0.25, -0.2) is 0 Å². The number of nitrogens with zero attached hydrogens (tertiary/aromatic N) is 1. The normalized spacial score (nSPS) is 13.1. The van der Waals surface area contributed by atoms with Crippen molar-refractivity contribution < 1.29 is 9.52 Å². The number of fused-ring (bicyclic) bond motifs is 1. The van der Waals surface area contributed by atoms with Gasteiger partial charge in [0.1, 0.15) is 5.58 Å². The van der Waals surface area contributed by atoms with E-state index in [0.29, 0.717) is 16.5 Å². The number of aromatic hydroxyl groups is 1. The molecule has 208 valence electrons. The fraction of sp³-hybridized carbons (Fsp3) is 0.545. The van der Waals surface area contributed by atoms with E-state index in [1.54, 1.807) is 6.07 Å². The predicted octanol–water partition coefficient (Wildman–Crippen LogP) is 8.50. The molecule has 0 saturated carbocycles. The molecule has 3 N–H and O–H groups in total. The molecular formula is C33H48N2O3. The van der Waals surface area contributed by atoms with Gasteiger partial charge in [0.05, 0.1) is 5.39 Å². The smallest absolute Gasteiger partial charge is 0.235 e. The van der Waals surface area contributed by atoms with Crippen molar-refractivity contribution in [2.45, 2.75) is 104 Å². The lowest BCUT2D eigenvalue weighted by Crippen LogP contribution is -2.33. The summed E-state index contributed by atoms with van der Waals surface area (Å²) in [6.07, 6.45) is 13.7. The zero-order valence-corrected chi connectivity index (χ0v) is 24.0. The van der Waals surface area contributed by atoms with E-state index in [1.807, 2.05) is 43.3 Å². The van der Waals surface area contributed by atoms with Gasteiger partial charge < -0.3 is 20.2 Å². The molecule has 0 aliphatic heterocycles. The minimum Gasteiger partial charge on any atom is -0.502 e. The van der Waals surface area contributed by atoms with E-state index in [2.05, 4.69) is 25.7 Å². The summed E-state index contributed by atoms with van der Waals surface area (Å²) in [5.41, 5.74) is 8.85. The van der Waals surface area contributed by atoms with E-state index >= 15 is 0 Å². The van der Waals surface area contributed by atoms with Crippen molar-refractivity contribution in [2.24, 2.45) is 5.73 Å². The van der Waals surface area contributed by atoms with Gasteiger partial charge >= 0.3 is 0 Å². The van der Waals surface area contributed by atoms with Crippen LogP contribution < -0.4 is 16.1 Å². The van der Waals surface area contributed by atoms with Gasteiger partial charge in [-0.15, -0.1) is 0 Å². The maximum atomic E-state index is 13.2. The Balaban J connectivity index is 1.65. The molecule has 0 aliphatic carbocycles. The van der Waals surface area contributed by atoms with Crippen LogP contribution in [0.2, 0.25) is 0 Å². The maximum Gasteiger partial charge on any atom is 0.235 e. The Morgan fingerprint density at radius 3 is 2.00 bits per heavy atom. The van der Waals surface area contributed by atoms with Crippen LogP contribution >= 0.6 is 0 Å². The molecule has 1 unspecified atom stereocenters. The summed E-state index contributed by atoms with van der Waals surface area (Å²) in [5.74, 6) is -0.166. The molecule has 0 aliphatic rings. The van der Waals surface area contributed by atoms with E-state index in [9.17, 15) is 9.90 Å². The summed E-state index contributed by atoms with van der Waals surface area (Å²) < 4.78 is 6.04. The Bertz CT molecular complexity index is 1190. The number of nitrogens with two attached hydrogens (primary N) is 1. The minimum atomic E-state index is -0.546. The molecule has 1 heterocycles. The van der Waals surface area contributed by atoms with Crippen molar-refractivity contribution in [1.82, 2.24) is 0 Å². The van der Waals surface area contributed by atoms with Crippen molar-refractivity contribution >= 4 is 16.7 Å². The minimum absolute atomic E-state index is 0.197. The molecule has 0 radical (unpaired) electrons. The molecule has 38 heavy (non-hydrogen) atoms. The number of rotatable bonds is 16. The quantitative estimate of drug-likeness (QED) is 0.185. The molecule has 5 heteroatoms. The summed E-state index contributed by atoms with van der Waals surface area (Å²) in [5, 5.41) is 11.1. The van der Waals surface area contributed by atoms with E-state index in [4.69, 9.17) is 10.2 Å². The molecule has 0 bridgehead atoms. The highest BCUT2D eigenvalue weighted by atomic mass is 16.4. The highest BCUT2D eigenvalue weighted by Crippen LogP contribution is 2.33. The number of unbranched alkanes of at least 4 members (excludes halogenated alkanes) is 9. The van der Waals surface area contributed by atoms with Crippen molar-refractivity contribution in [3.8, 4) is 17.1 Å². The Labute approximate surface area is 229 Å². The number of anilines is 1. The first-order valence-electron chi connectivity index (χ1n) is 14.8. The molecule has 3 aromatic rings. The van der Waals surface area contributed by atoms with Crippen molar-refractivity contribution in [3.05, 3.63) is 58.3 Å². The summed E-state index contributed by atoms with van der Waals surface area (Å²) in [4.78, 5) is 15.4. The third kappa shape index (κ3) is 7.63. The average molecular weight is 521 g/mol. The number of hydrogen-bond donors (Lipinski definition) is 2.